The summed E-state index contributed by atoms with van der Waals surface area (Å²) in [4.78, 5) is 0. The number of anilines is 3. The van der Waals surface area contributed by atoms with Crippen molar-refractivity contribution < 1.29 is 0 Å². The van der Waals surface area contributed by atoms with Crippen molar-refractivity contribution in [2.24, 2.45) is 0 Å². The van der Waals surface area contributed by atoms with Gasteiger partial charge in [0.1, 0.15) is 0 Å². The Kier molecular flexibility index (Phi) is 9.39. The number of aryl methyl sites for hydroxylation is 4. The van der Waals surface area contributed by atoms with Gasteiger partial charge in [-0.15, -0.1) is 10.2 Å². The molecule has 7 heteroatoms. The fourth-order valence-electron chi connectivity index (χ4n) is 2.20. The highest BCUT2D eigenvalue weighted by atomic mass is 35.5. The van der Waals surface area contributed by atoms with E-state index in [0.29, 0.717) is 5.15 Å². The van der Waals surface area contributed by atoms with Crippen LogP contribution in [0.25, 0.3) is 0 Å². The summed E-state index contributed by atoms with van der Waals surface area (Å²) in [6.45, 7) is 7.89. The molecule has 0 fully saturated rings. The van der Waals surface area contributed by atoms with Crippen LogP contribution in [0.15, 0.2) is 72.8 Å². The molecule has 0 aliphatic heterocycles. The lowest BCUT2D eigenvalue weighted by Crippen LogP contribution is -1.95. The number of benzene rings is 2. The van der Waals surface area contributed by atoms with E-state index in [9.17, 15) is 0 Å². The second kappa shape index (κ2) is 12.2. The smallest absolute Gasteiger partial charge is 0.153 e. The van der Waals surface area contributed by atoms with Crippen LogP contribution in [-0.4, -0.2) is 20.4 Å². The van der Waals surface area contributed by atoms with Crippen molar-refractivity contribution in [2.75, 3.05) is 11.1 Å². The molecule has 0 bridgehead atoms. The van der Waals surface area contributed by atoms with E-state index in [2.05, 4.69) is 44.8 Å². The highest BCUT2D eigenvalue weighted by Crippen LogP contribution is 2.14. The first kappa shape index (κ1) is 23.8. The summed E-state index contributed by atoms with van der Waals surface area (Å²) in [6, 6.07) is 23.3. The van der Waals surface area contributed by atoms with Gasteiger partial charge >= 0.3 is 0 Å². The van der Waals surface area contributed by atoms with Crippen molar-refractivity contribution in [3.8, 4) is 0 Å². The maximum Gasteiger partial charge on any atom is 0.153 e. The molecular weight excluding hydrogens is 408 g/mol. The Morgan fingerprint density at radius 3 is 1.55 bits per heavy atom. The van der Waals surface area contributed by atoms with Crippen LogP contribution in [0.1, 0.15) is 22.5 Å². The normalized spacial score (nSPS) is 9.58. The highest BCUT2D eigenvalue weighted by Gasteiger charge is 1.95. The molecule has 0 radical (unpaired) electrons. The van der Waals surface area contributed by atoms with Crippen LogP contribution in [0.5, 0.6) is 0 Å². The van der Waals surface area contributed by atoms with Crippen LogP contribution < -0.4 is 11.1 Å². The van der Waals surface area contributed by atoms with Crippen LogP contribution in [-0.2, 0) is 0 Å². The summed E-state index contributed by atoms with van der Waals surface area (Å²) < 4.78 is 0. The molecule has 6 nitrogen and oxygen atoms in total. The molecule has 0 aliphatic rings. The predicted molar refractivity (Wildman–Crippen MR) is 129 cm³/mol. The largest absolute Gasteiger partial charge is 0.399 e. The van der Waals surface area contributed by atoms with Crippen molar-refractivity contribution >= 4 is 28.8 Å². The van der Waals surface area contributed by atoms with E-state index >= 15 is 0 Å². The SMILES string of the molecule is Cc1ccc(Cl)nn1.Cc1ccc(N)cc1.Cc1ccc(Nc2ccc(C)nn2)cc1. The van der Waals surface area contributed by atoms with Crippen LogP contribution >= 0.6 is 11.6 Å². The number of halogens is 1. The highest BCUT2D eigenvalue weighted by molar-refractivity contribution is 6.29. The number of nitrogens with zero attached hydrogens (tertiary/aromatic N) is 4. The number of rotatable bonds is 2. The van der Waals surface area contributed by atoms with Gasteiger partial charge in [0.25, 0.3) is 0 Å². The predicted octanol–water partition coefficient (Wildman–Crippen LogP) is 5.85. The molecule has 0 saturated heterocycles. The lowest BCUT2D eigenvalue weighted by molar-refractivity contribution is 0.981. The van der Waals surface area contributed by atoms with Gasteiger partial charge < -0.3 is 11.1 Å². The number of hydrogen-bond acceptors (Lipinski definition) is 6. The third-order valence-electron chi connectivity index (χ3n) is 3.96. The number of aromatic nitrogens is 4. The molecule has 4 aromatic rings. The Bertz CT molecular complexity index is 902. The third kappa shape index (κ3) is 9.69. The Morgan fingerprint density at radius 2 is 1.13 bits per heavy atom. The van der Waals surface area contributed by atoms with E-state index in [-0.39, 0.29) is 0 Å². The molecule has 0 unspecified atom stereocenters. The van der Waals surface area contributed by atoms with E-state index in [4.69, 9.17) is 17.3 Å². The minimum absolute atomic E-state index is 0.440. The van der Waals surface area contributed by atoms with Crippen LogP contribution in [0, 0.1) is 27.7 Å². The number of nitrogens with one attached hydrogen (secondary N) is 1. The standard InChI is InChI=1S/C12H13N3.C7H9N.C5H5ClN2/c1-9-3-6-11(7-4-9)13-12-8-5-10(2)14-15-12;1-6-2-4-7(8)5-3-6;1-4-2-3-5(6)8-7-4/h3-8H,1-2H3,(H,13,15);2-5H,8H2,1H3;2-3H,1H3. The Morgan fingerprint density at radius 1 is 0.613 bits per heavy atom. The molecule has 0 saturated carbocycles. The second-order valence-electron chi connectivity index (χ2n) is 6.96. The van der Waals surface area contributed by atoms with Gasteiger partial charge in [-0.25, -0.2) is 0 Å². The number of hydrogen-bond donors (Lipinski definition) is 2. The number of nitrogens with two attached hydrogens (primary N) is 1. The van der Waals surface area contributed by atoms with Gasteiger partial charge in [0.05, 0.1) is 11.4 Å². The monoisotopic (exact) mass is 434 g/mol. The average Bonchev–Trinajstić information content (AvgIpc) is 2.76. The van der Waals surface area contributed by atoms with E-state index in [1.165, 1.54) is 11.1 Å². The molecule has 31 heavy (non-hydrogen) atoms. The maximum absolute atomic E-state index is 5.44. The Balaban J connectivity index is 0.000000181. The number of nitrogen functional groups attached to an aromatic ring is 1. The molecule has 2 aromatic carbocycles. The summed E-state index contributed by atoms with van der Waals surface area (Å²) in [5.74, 6) is 0.768. The summed E-state index contributed by atoms with van der Waals surface area (Å²) in [5.41, 5.74) is 11.6. The first-order valence-corrected chi connectivity index (χ1v) is 10.1. The lowest BCUT2D eigenvalue weighted by Gasteiger charge is -2.04. The van der Waals surface area contributed by atoms with Crippen molar-refractivity contribution in [3.63, 3.8) is 0 Å². The van der Waals surface area contributed by atoms with Gasteiger partial charge in [-0.05, 0) is 76.2 Å². The van der Waals surface area contributed by atoms with Crippen LogP contribution in [0.2, 0.25) is 5.15 Å². The van der Waals surface area contributed by atoms with Crippen molar-refractivity contribution in [3.05, 3.63) is 100 Å². The van der Waals surface area contributed by atoms with Gasteiger partial charge in [0.15, 0.2) is 11.0 Å². The minimum Gasteiger partial charge on any atom is -0.399 e. The second-order valence-corrected chi connectivity index (χ2v) is 7.35. The summed E-state index contributed by atoms with van der Waals surface area (Å²) in [6.07, 6.45) is 0. The fourth-order valence-corrected chi connectivity index (χ4v) is 2.30. The molecular formula is C24H27ClN6. The van der Waals surface area contributed by atoms with E-state index in [0.717, 1.165) is 28.6 Å². The van der Waals surface area contributed by atoms with Crippen LogP contribution in [0.4, 0.5) is 17.2 Å². The lowest BCUT2D eigenvalue weighted by atomic mass is 10.2. The molecule has 3 N–H and O–H groups in total. The molecule has 4 rings (SSSR count). The zero-order valence-electron chi connectivity index (χ0n) is 18.2. The van der Waals surface area contributed by atoms with E-state index in [1.807, 2.05) is 75.4 Å². The quantitative estimate of drug-likeness (QED) is 0.384. The molecule has 0 amide bonds. The van der Waals surface area contributed by atoms with E-state index in [1.54, 1.807) is 6.07 Å². The van der Waals surface area contributed by atoms with Gasteiger partial charge in [-0.1, -0.05) is 47.0 Å². The third-order valence-corrected chi connectivity index (χ3v) is 4.17. The maximum atomic E-state index is 5.44. The van der Waals surface area contributed by atoms with Gasteiger partial charge in [-0.3, -0.25) is 0 Å². The molecule has 0 atom stereocenters. The first-order chi connectivity index (χ1) is 14.8. The Hall–Kier alpha value is -3.51. The van der Waals surface area contributed by atoms with Crippen molar-refractivity contribution in [2.45, 2.75) is 27.7 Å². The van der Waals surface area contributed by atoms with Gasteiger partial charge in [0.2, 0.25) is 0 Å². The summed E-state index contributed by atoms with van der Waals surface area (Å²) in [7, 11) is 0. The van der Waals surface area contributed by atoms with E-state index < -0.39 is 0 Å². The molecule has 0 spiro atoms. The van der Waals surface area contributed by atoms with Gasteiger partial charge in [-0.2, -0.15) is 10.2 Å². The molecule has 0 aliphatic carbocycles. The molecule has 160 valence electrons. The summed E-state index contributed by atoms with van der Waals surface area (Å²) >= 11 is 5.44. The minimum atomic E-state index is 0.440. The van der Waals surface area contributed by atoms with Crippen molar-refractivity contribution in [1.82, 2.24) is 20.4 Å². The average molecular weight is 435 g/mol. The topological polar surface area (TPSA) is 89.6 Å². The Labute approximate surface area is 188 Å². The zero-order valence-corrected chi connectivity index (χ0v) is 18.9. The first-order valence-electron chi connectivity index (χ1n) is 9.74. The molecule has 2 aromatic heterocycles. The molecule has 2 heterocycles. The van der Waals surface area contributed by atoms with Crippen LogP contribution in [0.3, 0.4) is 0 Å². The fraction of sp³-hybridized carbons (Fsp3) is 0.167. The van der Waals surface area contributed by atoms with Gasteiger partial charge in [0, 0.05) is 11.4 Å². The van der Waals surface area contributed by atoms with Crippen molar-refractivity contribution in [1.29, 1.82) is 0 Å². The summed E-state index contributed by atoms with van der Waals surface area (Å²) in [5, 5.41) is 18.9. The zero-order chi connectivity index (χ0) is 22.6.